The van der Waals surface area contributed by atoms with Crippen LogP contribution in [0.5, 0.6) is 5.75 Å². The molecule has 1 atom stereocenters. The molecule has 0 aliphatic rings. The second-order valence-corrected chi connectivity index (χ2v) is 4.77. The summed E-state index contributed by atoms with van der Waals surface area (Å²) < 4.78 is 5.78. The van der Waals surface area contributed by atoms with E-state index in [4.69, 9.17) is 10.5 Å². The fourth-order valence-electron chi connectivity index (χ4n) is 2.06. The summed E-state index contributed by atoms with van der Waals surface area (Å²) in [5, 5.41) is 0. The summed E-state index contributed by atoms with van der Waals surface area (Å²) in [6.45, 7) is 5.10. The van der Waals surface area contributed by atoms with E-state index in [1.807, 2.05) is 36.4 Å². The number of hydrogen-bond donors (Lipinski definition) is 1. The third-order valence-electron chi connectivity index (χ3n) is 3.30. The highest BCUT2D eigenvalue weighted by atomic mass is 16.5. The first-order chi connectivity index (χ1) is 9.83. The van der Waals surface area contributed by atoms with E-state index >= 15 is 0 Å². The molecule has 20 heavy (non-hydrogen) atoms. The van der Waals surface area contributed by atoms with E-state index < -0.39 is 0 Å². The molecule has 2 N–H and O–H groups in total. The molecule has 0 bridgehead atoms. The Hall–Kier alpha value is -2.06. The minimum Gasteiger partial charge on any atom is -0.493 e. The summed E-state index contributed by atoms with van der Waals surface area (Å²) in [6.07, 6.45) is 2.82. The molecule has 104 valence electrons. The maximum absolute atomic E-state index is 5.78. The zero-order valence-corrected chi connectivity index (χ0v) is 11.7. The highest BCUT2D eigenvalue weighted by molar-refractivity contribution is 5.63. The lowest BCUT2D eigenvalue weighted by Gasteiger charge is -2.13. The van der Waals surface area contributed by atoms with Gasteiger partial charge in [-0.3, -0.25) is 0 Å². The van der Waals surface area contributed by atoms with Crippen molar-refractivity contribution in [2.75, 3.05) is 13.2 Å². The molecule has 0 aliphatic carbocycles. The SMILES string of the molecule is C=CC(CCN)COc1ccc(-c2ccccc2)cc1. The molecular weight excluding hydrogens is 246 g/mol. The van der Waals surface area contributed by atoms with Gasteiger partial charge in [0.25, 0.3) is 0 Å². The molecule has 0 radical (unpaired) electrons. The van der Waals surface area contributed by atoms with Gasteiger partial charge in [0.05, 0.1) is 6.61 Å². The van der Waals surface area contributed by atoms with Crippen molar-refractivity contribution in [3.8, 4) is 16.9 Å². The van der Waals surface area contributed by atoms with E-state index in [0.717, 1.165) is 12.2 Å². The van der Waals surface area contributed by atoms with Crippen LogP contribution in [0.15, 0.2) is 67.3 Å². The molecule has 2 aromatic rings. The van der Waals surface area contributed by atoms with Gasteiger partial charge in [-0.1, -0.05) is 48.5 Å². The minimum atomic E-state index is 0.314. The molecule has 0 aliphatic heterocycles. The average molecular weight is 267 g/mol. The van der Waals surface area contributed by atoms with Crippen molar-refractivity contribution in [2.24, 2.45) is 11.7 Å². The predicted molar refractivity (Wildman–Crippen MR) is 84.7 cm³/mol. The Morgan fingerprint density at radius 1 is 1.00 bits per heavy atom. The summed E-state index contributed by atoms with van der Waals surface area (Å²) in [4.78, 5) is 0. The molecule has 0 aromatic heterocycles. The highest BCUT2D eigenvalue weighted by Crippen LogP contribution is 2.22. The van der Waals surface area contributed by atoms with Gasteiger partial charge in [0.1, 0.15) is 5.75 Å². The Balaban J connectivity index is 1.97. The maximum Gasteiger partial charge on any atom is 0.119 e. The zero-order valence-electron chi connectivity index (χ0n) is 11.7. The quantitative estimate of drug-likeness (QED) is 0.773. The van der Waals surface area contributed by atoms with Crippen LogP contribution in [0.1, 0.15) is 6.42 Å². The van der Waals surface area contributed by atoms with Crippen LogP contribution in [0.2, 0.25) is 0 Å². The first-order valence-corrected chi connectivity index (χ1v) is 6.94. The van der Waals surface area contributed by atoms with Crippen LogP contribution in [0.3, 0.4) is 0 Å². The smallest absolute Gasteiger partial charge is 0.119 e. The Labute approximate surface area is 120 Å². The number of hydrogen-bond acceptors (Lipinski definition) is 2. The van der Waals surface area contributed by atoms with Gasteiger partial charge in [-0.25, -0.2) is 0 Å². The molecule has 0 amide bonds. The molecular formula is C18H21NO. The zero-order chi connectivity index (χ0) is 14.2. The molecule has 2 heteroatoms. The predicted octanol–water partition coefficient (Wildman–Crippen LogP) is 3.88. The van der Waals surface area contributed by atoms with E-state index in [0.29, 0.717) is 19.1 Å². The van der Waals surface area contributed by atoms with Gasteiger partial charge >= 0.3 is 0 Å². The van der Waals surface area contributed by atoms with E-state index in [1.54, 1.807) is 0 Å². The van der Waals surface area contributed by atoms with Gasteiger partial charge in [-0.15, -0.1) is 6.58 Å². The van der Waals surface area contributed by atoms with Crippen LogP contribution in [0, 0.1) is 5.92 Å². The van der Waals surface area contributed by atoms with Gasteiger partial charge in [0, 0.05) is 5.92 Å². The van der Waals surface area contributed by atoms with Crippen molar-refractivity contribution in [1.29, 1.82) is 0 Å². The van der Waals surface area contributed by atoms with Crippen molar-refractivity contribution in [3.63, 3.8) is 0 Å². The third-order valence-corrected chi connectivity index (χ3v) is 3.30. The largest absolute Gasteiger partial charge is 0.493 e. The van der Waals surface area contributed by atoms with Crippen LogP contribution in [0.4, 0.5) is 0 Å². The second kappa shape index (κ2) is 7.51. The molecule has 2 nitrogen and oxygen atoms in total. The molecule has 1 unspecified atom stereocenters. The first kappa shape index (κ1) is 14.4. The Bertz CT molecular complexity index is 519. The summed E-state index contributed by atoms with van der Waals surface area (Å²) in [7, 11) is 0. The Morgan fingerprint density at radius 3 is 2.25 bits per heavy atom. The van der Waals surface area contributed by atoms with Crippen LogP contribution in [0.25, 0.3) is 11.1 Å². The van der Waals surface area contributed by atoms with E-state index in [-0.39, 0.29) is 0 Å². The molecule has 0 fully saturated rings. The molecule has 2 rings (SSSR count). The second-order valence-electron chi connectivity index (χ2n) is 4.77. The molecule has 0 saturated heterocycles. The van der Waals surface area contributed by atoms with E-state index in [1.165, 1.54) is 11.1 Å². The number of ether oxygens (including phenoxy) is 1. The summed E-state index contributed by atoms with van der Waals surface area (Å²) in [6, 6.07) is 18.5. The Kier molecular flexibility index (Phi) is 5.39. The highest BCUT2D eigenvalue weighted by Gasteiger charge is 2.04. The topological polar surface area (TPSA) is 35.2 Å². The molecule has 0 spiro atoms. The van der Waals surface area contributed by atoms with Crippen LogP contribution < -0.4 is 10.5 Å². The van der Waals surface area contributed by atoms with Crippen LogP contribution in [-0.2, 0) is 0 Å². The maximum atomic E-state index is 5.78. The summed E-state index contributed by atoms with van der Waals surface area (Å²) in [5.74, 6) is 1.20. The molecule has 2 aromatic carbocycles. The fourth-order valence-corrected chi connectivity index (χ4v) is 2.06. The molecule has 0 heterocycles. The van der Waals surface area contributed by atoms with Crippen LogP contribution >= 0.6 is 0 Å². The van der Waals surface area contributed by atoms with Gasteiger partial charge in [0.15, 0.2) is 0 Å². The summed E-state index contributed by atoms with van der Waals surface area (Å²) >= 11 is 0. The van der Waals surface area contributed by atoms with Crippen LogP contribution in [-0.4, -0.2) is 13.2 Å². The molecule has 0 saturated carbocycles. The van der Waals surface area contributed by atoms with Crippen molar-refractivity contribution in [3.05, 3.63) is 67.3 Å². The van der Waals surface area contributed by atoms with Crippen molar-refractivity contribution in [2.45, 2.75) is 6.42 Å². The Morgan fingerprint density at radius 2 is 1.65 bits per heavy atom. The van der Waals surface area contributed by atoms with Gasteiger partial charge in [-0.2, -0.15) is 0 Å². The van der Waals surface area contributed by atoms with Crippen molar-refractivity contribution >= 4 is 0 Å². The van der Waals surface area contributed by atoms with Gasteiger partial charge < -0.3 is 10.5 Å². The lowest BCUT2D eigenvalue weighted by atomic mass is 10.1. The normalized spacial score (nSPS) is 11.8. The minimum absolute atomic E-state index is 0.314. The van der Waals surface area contributed by atoms with Gasteiger partial charge in [-0.05, 0) is 36.2 Å². The van der Waals surface area contributed by atoms with E-state index in [2.05, 4.69) is 30.8 Å². The standard InChI is InChI=1S/C18H21NO/c1-2-15(12-13-19)14-20-18-10-8-17(9-11-18)16-6-4-3-5-7-16/h2-11,15H,1,12-14,19H2. The lowest BCUT2D eigenvalue weighted by molar-refractivity contribution is 0.270. The lowest BCUT2D eigenvalue weighted by Crippen LogP contribution is -2.14. The third kappa shape index (κ3) is 3.97. The number of nitrogens with two attached hydrogens (primary N) is 1. The first-order valence-electron chi connectivity index (χ1n) is 6.94. The number of benzene rings is 2. The van der Waals surface area contributed by atoms with Crippen molar-refractivity contribution in [1.82, 2.24) is 0 Å². The van der Waals surface area contributed by atoms with Crippen molar-refractivity contribution < 1.29 is 4.74 Å². The summed E-state index contributed by atoms with van der Waals surface area (Å²) in [5.41, 5.74) is 7.96. The number of rotatable bonds is 7. The van der Waals surface area contributed by atoms with E-state index in [9.17, 15) is 0 Å². The fraction of sp³-hybridized carbons (Fsp3) is 0.222. The average Bonchev–Trinajstić information content (AvgIpc) is 2.53. The van der Waals surface area contributed by atoms with Gasteiger partial charge in [0.2, 0.25) is 0 Å². The monoisotopic (exact) mass is 267 g/mol.